The molecule has 15 rings (SSSR count). The number of thiazole rings is 2. The summed E-state index contributed by atoms with van der Waals surface area (Å²) < 4.78 is 103. The van der Waals surface area contributed by atoms with Gasteiger partial charge in [0.25, 0.3) is 0 Å². The number of aliphatic hydroxyl groups excluding tert-OH is 2. The van der Waals surface area contributed by atoms with Gasteiger partial charge in [-0.25, -0.2) is 69.3 Å². The molecule has 0 aliphatic carbocycles. The zero-order valence-corrected chi connectivity index (χ0v) is 82.2. The number of carbonyl (C=O) groups excluding carboxylic acids is 6. The van der Waals surface area contributed by atoms with Crippen molar-refractivity contribution in [2.24, 2.45) is 30.0 Å². The number of β-amino-alcohol motifs (C(OH)–C–C–N with tert-alkyl or cyclic N) is 2. The maximum absolute atomic E-state index is 14.9. The number of ether oxygens (including phenoxy) is 2. The van der Waals surface area contributed by atoms with Crippen molar-refractivity contribution >= 4 is 126 Å². The van der Waals surface area contributed by atoms with Crippen molar-refractivity contribution in [1.29, 1.82) is 0 Å². The summed E-state index contributed by atoms with van der Waals surface area (Å²) in [5, 5.41) is 59.4. The van der Waals surface area contributed by atoms with Crippen LogP contribution in [0.2, 0.25) is 10.0 Å². The van der Waals surface area contributed by atoms with Crippen molar-refractivity contribution in [3.63, 3.8) is 0 Å². The fourth-order valence-corrected chi connectivity index (χ4v) is 17.7. The molecule has 8 N–H and O–H groups in total. The highest BCUT2D eigenvalue weighted by Crippen LogP contribution is 2.36. The lowest BCUT2D eigenvalue weighted by molar-refractivity contribution is -0.144. The number of fused-ring (bicyclic) bond motifs is 2. The molecule has 2 saturated heterocycles. The van der Waals surface area contributed by atoms with E-state index >= 15 is 0 Å². The average molecular weight is 2070 g/mol. The molecule has 6 amide bonds. The number of benzene rings is 6. The Hall–Kier alpha value is -14.8. The number of nitrogens with zero attached hydrogens (tertiary/aromatic N) is 20. The van der Waals surface area contributed by atoms with Gasteiger partial charge in [-0.05, 0) is 88.9 Å². The van der Waals surface area contributed by atoms with Crippen molar-refractivity contribution in [1.82, 2.24) is 104 Å². The maximum Gasteiger partial charge on any atom is 0.355 e. The highest BCUT2D eigenvalue weighted by atomic mass is 35.5. The van der Waals surface area contributed by atoms with Crippen molar-refractivity contribution in [2.45, 2.75) is 150 Å². The minimum Gasteiger partial charge on any atom is -0.391 e. The lowest BCUT2D eigenvalue weighted by Crippen LogP contribution is -2.58. The maximum atomic E-state index is 14.9. The van der Waals surface area contributed by atoms with Gasteiger partial charge in [-0.15, -0.1) is 34.2 Å². The third-order valence-electron chi connectivity index (χ3n) is 23.0. The average Bonchev–Trinajstić information content (AvgIpc) is 1.53. The van der Waals surface area contributed by atoms with Crippen LogP contribution in [0.25, 0.3) is 53.1 Å². The fraction of sp³-hybridized carbons (Fsp3) is 0.362. The van der Waals surface area contributed by atoms with Gasteiger partial charge in [0, 0.05) is 111 Å². The number of anilines is 4. The number of hydrogen-bond donors (Lipinski definition) is 8. The monoisotopic (exact) mass is 2060 g/mol. The number of carbonyl (C=O) groups is 6. The second-order valence-corrected chi connectivity index (χ2v) is 38.3. The summed E-state index contributed by atoms with van der Waals surface area (Å²) in [6.07, 6.45) is 8.38. The van der Waals surface area contributed by atoms with Gasteiger partial charge >= 0.3 is 22.8 Å². The second-order valence-electron chi connectivity index (χ2n) is 35.8. The number of terminal acetylenes is 1. The molecule has 50 heteroatoms. The van der Waals surface area contributed by atoms with E-state index in [4.69, 9.17) is 44.6 Å². The number of nitrogens with one attached hydrogen (secondary N) is 6. The van der Waals surface area contributed by atoms with Gasteiger partial charge in [-0.1, -0.05) is 130 Å². The molecular formula is C94H98Cl2F6N26O14S2. The number of hydrogen-bond acceptors (Lipinski definition) is 27. The summed E-state index contributed by atoms with van der Waals surface area (Å²) in [5.74, 6) is -9.17. The smallest absolute Gasteiger partial charge is 0.355 e. The number of aryl methyl sites for hydroxylation is 4. The summed E-state index contributed by atoms with van der Waals surface area (Å²) in [6.45, 7) is 12.2. The molecule has 9 heterocycles. The number of aromatic nitrogens is 15. The highest BCUT2D eigenvalue weighted by Gasteiger charge is 2.47. The van der Waals surface area contributed by atoms with Gasteiger partial charge < -0.3 is 61.4 Å². The van der Waals surface area contributed by atoms with E-state index in [-0.39, 0.29) is 122 Å². The van der Waals surface area contributed by atoms with E-state index < -0.39 is 173 Å². The van der Waals surface area contributed by atoms with Crippen molar-refractivity contribution in [2.75, 3.05) is 56.7 Å². The van der Waals surface area contributed by atoms with Gasteiger partial charge in [0.1, 0.15) is 54.7 Å². The Morgan fingerprint density at radius 2 is 1.01 bits per heavy atom. The van der Waals surface area contributed by atoms with Crippen LogP contribution >= 0.6 is 45.9 Å². The molecule has 2 aliphatic heterocycles. The molecule has 144 heavy (non-hydrogen) atoms. The number of rotatable bonds is 33. The molecule has 0 unspecified atom stereocenters. The SMILES string of the molecule is C#CCn1c(=O)nc(Nc2cc3cn(C)nc3cc2Cl)n(Cc2cc(F)c(F)cc2F)c1=O.Cc1ncsc1-c1ccc(CNC(=O)[C@@H]2C[C@@H](O)CN2C(=O)[C@@H](NC(=O)COCCN=[N+]=[N-])C(C)(C)C)cc1.Cc1ncsc1-c1ccc(CNC(=O)[C@@H]2C[C@@H](O)CN2C(=O)[C@@H](NC(=O)COCCn2cc(Cn3c(=O)nc(Nc4cc5cn(C)nc5cc4Cl)n(Cc4cc(F)c(F)cc4F)c3=O)nn2)C(C)(C)C)cc1. The first-order valence-corrected chi connectivity index (χ1v) is 47.0. The summed E-state index contributed by atoms with van der Waals surface area (Å²) in [5.41, 5.74) is 13.1. The predicted octanol–water partition coefficient (Wildman–Crippen LogP) is 9.39. The molecule has 7 aromatic heterocycles. The predicted molar refractivity (Wildman–Crippen MR) is 521 cm³/mol. The second kappa shape index (κ2) is 46.5. The van der Waals surface area contributed by atoms with Crippen LogP contribution in [0, 0.1) is 71.9 Å². The topological polar surface area (TPSA) is 495 Å². The lowest BCUT2D eigenvalue weighted by Gasteiger charge is -2.35. The van der Waals surface area contributed by atoms with E-state index in [9.17, 15) is 84.5 Å². The van der Waals surface area contributed by atoms with E-state index in [0.717, 1.165) is 52.5 Å². The van der Waals surface area contributed by atoms with Gasteiger partial charge in [-0.3, -0.25) is 47.3 Å². The van der Waals surface area contributed by atoms with Crippen LogP contribution in [-0.2, 0) is 98.1 Å². The van der Waals surface area contributed by atoms with Gasteiger partial charge in [0.05, 0.1) is 129 Å². The lowest BCUT2D eigenvalue weighted by atomic mass is 9.85. The third kappa shape index (κ3) is 26.4. The first-order valence-electron chi connectivity index (χ1n) is 44.5. The van der Waals surface area contributed by atoms with E-state index in [1.165, 1.54) is 32.0 Å². The Kier molecular flexibility index (Phi) is 34.4. The third-order valence-corrected chi connectivity index (χ3v) is 25.5. The van der Waals surface area contributed by atoms with Crippen LogP contribution in [0.5, 0.6) is 0 Å². The van der Waals surface area contributed by atoms with Crippen LogP contribution in [0.3, 0.4) is 0 Å². The van der Waals surface area contributed by atoms with E-state index in [0.29, 0.717) is 55.2 Å². The van der Waals surface area contributed by atoms with E-state index in [1.807, 2.05) is 62.4 Å². The van der Waals surface area contributed by atoms with Crippen molar-refractivity contribution in [3.05, 3.63) is 263 Å². The van der Waals surface area contributed by atoms with Crippen LogP contribution in [0.15, 0.2) is 151 Å². The molecule has 6 atom stereocenters. The Bertz CT molecular complexity index is 7350. The number of halogens is 8. The number of aliphatic hydroxyl groups is 2. The number of likely N-dealkylation sites (tertiary alicyclic amines) is 2. The van der Waals surface area contributed by atoms with E-state index in [2.05, 4.69) is 88.3 Å². The quantitative estimate of drug-likeness (QED) is 0.00361. The minimum atomic E-state index is -1.44. The molecule has 0 bridgehead atoms. The van der Waals surface area contributed by atoms with Gasteiger partial charge in [0.15, 0.2) is 23.3 Å². The fourth-order valence-electron chi connectivity index (χ4n) is 15.7. The Balaban J connectivity index is 0.000000202. The van der Waals surface area contributed by atoms with Crippen molar-refractivity contribution < 1.29 is 74.8 Å². The first kappa shape index (κ1) is 106. The molecule has 13 aromatic rings. The molecule has 2 fully saturated rings. The minimum absolute atomic E-state index is 0.00900. The van der Waals surface area contributed by atoms with Crippen LogP contribution in [0.4, 0.5) is 49.6 Å². The summed E-state index contributed by atoms with van der Waals surface area (Å²) in [4.78, 5) is 157. The van der Waals surface area contributed by atoms with Gasteiger partial charge in [0.2, 0.25) is 47.3 Å². The first-order chi connectivity index (χ1) is 68.4. The molecule has 2 aliphatic rings. The van der Waals surface area contributed by atoms with Crippen LogP contribution in [-0.4, -0.2) is 211 Å². The number of amides is 6. The number of azide groups is 1. The normalized spacial score (nSPS) is 15.0. The Morgan fingerprint density at radius 3 is 1.42 bits per heavy atom. The Labute approximate surface area is 834 Å². The molecule has 0 radical (unpaired) electrons. The summed E-state index contributed by atoms with van der Waals surface area (Å²) >= 11 is 15.9. The zero-order chi connectivity index (χ0) is 104. The van der Waals surface area contributed by atoms with Crippen LogP contribution < -0.4 is 54.7 Å². The van der Waals surface area contributed by atoms with E-state index in [1.54, 1.807) is 124 Å². The van der Waals surface area contributed by atoms with Crippen molar-refractivity contribution in [3.8, 4) is 33.2 Å². The molecule has 0 spiro atoms. The van der Waals surface area contributed by atoms with Gasteiger partial charge in [-0.2, -0.15) is 20.2 Å². The molecule has 756 valence electrons. The summed E-state index contributed by atoms with van der Waals surface area (Å²) in [7, 11) is 3.43. The zero-order valence-electron chi connectivity index (χ0n) is 79.1. The standard InChI is InChI=1S/C47H49ClF3N13O7S.C26H35N7O5S.C21H14ClF3N6O2/c1-25-40(72-24-53-25)27-8-6-26(7-9-27)17-52-42(67)38-14-31(65)22-62(38)43(68)41(47(2,3)4)55-39(66)23-71-11-10-61-20-30(57-59-61)21-64-45(69)56-44(54-37-13-29-18-60(5)58-36(29)15-32(37)48)63(46(64)70)19-28-12-34(50)35(51)16-33(28)49;1-16-22(39-15-29-16)18-7-5-17(6-8-18)12-28-24(36)20-11-19(34)13-33(20)25(37)23(26(2,3)4)31-21(35)14-38-10-9-30-32-27;1-3-4-30-20(32)27-19(26-18-6-12-9-29(2)28-17(12)7-13(18)22)31(21(30)33)10-11-5-15(24)16(25)8-14(11)23/h6-9,12-13,15-16,18,20,24,31,38,41,65H,10-11,14,17,19,21-23H2,1-5H3,(H,52,67)(H,55,66)(H,54,56,69);5-8,15,19-20,23,34H,9-14H2,1-4H3,(H,28,36)(H,31,35);1,5-9H,4,10H2,2H3,(H,26,27,32)/t31-,38+,41-;19-,20+,23-;/m11./s1. The molecule has 6 aromatic carbocycles. The molecule has 40 nitrogen and oxygen atoms in total. The summed E-state index contributed by atoms with van der Waals surface area (Å²) in [6, 6.07) is 19.9. The van der Waals surface area contributed by atoms with Crippen LogP contribution in [0.1, 0.15) is 93.7 Å². The molecular weight excluding hydrogens is 1970 g/mol. The largest absolute Gasteiger partial charge is 0.391 e. The molecule has 0 saturated carbocycles. The Morgan fingerprint density at radius 1 is 0.583 bits per heavy atom. The highest BCUT2D eigenvalue weighted by molar-refractivity contribution is 7.13.